The number of aromatic nitrogens is 2. The maximum atomic E-state index is 13.1. The SMILES string of the molecule is CCc1nc2sc(C)c(-c3ccc(C)c(C)c3)c2c(=O)n1CC(=O)O. The Morgan fingerprint density at radius 1 is 1.24 bits per heavy atom. The van der Waals surface area contributed by atoms with Crippen molar-refractivity contribution in [3.8, 4) is 11.1 Å². The van der Waals surface area contributed by atoms with Crippen LogP contribution in [0.2, 0.25) is 0 Å². The molecule has 0 saturated heterocycles. The first-order valence-corrected chi connectivity index (χ1v) is 8.97. The van der Waals surface area contributed by atoms with Crippen molar-refractivity contribution in [3.05, 3.63) is 50.4 Å². The quantitative estimate of drug-likeness (QED) is 0.774. The second-order valence-corrected chi connectivity index (χ2v) is 7.38. The molecule has 0 saturated carbocycles. The third kappa shape index (κ3) is 2.98. The Morgan fingerprint density at radius 2 is 1.96 bits per heavy atom. The van der Waals surface area contributed by atoms with Crippen molar-refractivity contribution in [1.29, 1.82) is 0 Å². The number of aliphatic carboxylic acids is 1. The highest BCUT2D eigenvalue weighted by Gasteiger charge is 2.20. The molecule has 0 fully saturated rings. The Hall–Kier alpha value is -2.47. The second-order valence-electron chi connectivity index (χ2n) is 6.18. The number of fused-ring (bicyclic) bond motifs is 1. The van der Waals surface area contributed by atoms with Crippen molar-refractivity contribution >= 4 is 27.5 Å². The summed E-state index contributed by atoms with van der Waals surface area (Å²) in [5.74, 6) is -0.537. The van der Waals surface area contributed by atoms with Crippen LogP contribution < -0.4 is 5.56 Å². The number of thiophene rings is 1. The molecule has 1 aromatic carbocycles. The van der Waals surface area contributed by atoms with E-state index >= 15 is 0 Å². The first-order chi connectivity index (χ1) is 11.8. The van der Waals surface area contributed by atoms with Crippen LogP contribution in [0.25, 0.3) is 21.3 Å². The van der Waals surface area contributed by atoms with E-state index in [9.17, 15) is 9.59 Å². The highest BCUT2D eigenvalue weighted by molar-refractivity contribution is 7.19. The number of aryl methyl sites for hydroxylation is 4. The molecular weight excluding hydrogens is 336 g/mol. The third-order valence-corrected chi connectivity index (χ3v) is 5.47. The van der Waals surface area contributed by atoms with Gasteiger partial charge in [0.2, 0.25) is 0 Å². The minimum Gasteiger partial charge on any atom is -0.480 e. The van der Waals surface area contributed by atoms with E-state index in [2.05, 4.69) is 11.1 Å². The summed E-state index contributed by atoms with van der Waals surface area (Å²) < 4.78 is 1.28. The Labute approximate surface area is 149 Å². The van der Waals surface area contributed by atoms with Crippen molar-refractivity contribution < 1.29 is 9.90 Å². The fourth-order valence-electron chi connectivity index (χ4n) is 3.05. The van der Waals surface area contributed by atoms with Gasteiger partial charge in [0.05, 0.1) is 5.39 Å². The van der Waals surface area contributed by atoms with Crippen LogP contribution in [0.15, 0.2) is 23.0 Å². The maximum absolute atomic E-state index is 13.1. The van der Waals surface area contributed by atoms with Crippen LogP contribution in [0.4, 0.5) is 0 Å². The molecule has 0 aliphatic rings. The minimum atomic E-state index is -1.04. The van der Waals surface area contributed by atoms with E-state index in [1.54, 1.807) is 0 Å². The number of rotatable bonds is 4. The Morgan fingerprint density at radius 3 is 2.56 bits per heavy atom. The van der Waals surface area contributed by atoms with Crippen LogP contribution in [0, 0.1) is 20.8 Å². The summed E-state index contributed by atoms with van der Waals surface area (Å²) in [6.07, 6.45) is 0.508. The van der Waals surface area contributed by atoms with Gasteiger partial charge in [0, 0.05) is 16.9 Å². The van der Waals surface area contributed by atoms with Crippen LogP contribution in [0.1, 0.15) is 28.8 Å². The van der Waals surface area contributed by atoms with Crippen LogP contribution in [0.5, 0.6) is 0 Å². The summed E-state index contributed by atoms with van der Waals surface area (Å²) in [5, 5.41) is 9.67. The molecule has 3 aromatic rings. The molecule has 6 heteroatoms. The zero-order valence-corrected chi connectivity index (χ0v) is 15.5. The van der Waals surface area contributed by atoms with E-state index < -0.39 is 5.97 Å². The highest BCUT2D eigenvalue weighted by Crippen LogP contribution is 2.36. The molecule has 3 rings (SSSR count). The zero-order valence-electron chi connectivity index (χ0n) is 14.7. The van der Waals surface area contributed by atoms with E-state index in [1.807, 2.05) is 39.8 Å². The van der Waals surface area contributed by atoms with E-state index in [0.29, 0.717) is 22.5 Å². The lowest BCUT2D eigenvalue weighted by Crippen LogP contribution is -2.28. The topological polar surface area (TPSA) is 72.2 Å². The van der Waals surface area contributed by atoms with Gasteiger partial charge in [-0.3, -0.25) is 14.2 Å². The van der Waals surface area contributed by atoms with Crippen LogP contribution in [0.3, 0.4) is 0 Å². The first-order valence-electron chi connectivity index (χ1n) is 8.15. The van der Waals surface area contributed by atoms with Crippen molar-refractivity contribution in [2.75, 3.05) is 0 Å². The summed E-state index contributed by atoms with van der Waals surface area (Å²) in [4.78, 5) is 30.5. The third-order valence-electron chi connectivity index (χ3n) is 4.47. The summed E-state index contributed by atoms with van der Waals surface area (Å²) in [6, 6.07) is 6.11. The lowest BCUT2D eigenvalue weighted by Gasteiger charge is -2.10. The van der Waals surface area contributed by atoms with Crippen molar-refractivity contribution in [1.82, 2.24) is 9.55 Å². The molecule has 0 amide bonds. The number of carboxylic acids is 1. The van der Waals surface area contributed by atoms with Crippen molar-refractivity contribution in [2.45, 2.75) is 40.7 Å². The number of nitrogens with zero attached hydrogens (tertiary/aromatic N) is 2. The fourth-order valence-corrected chi connectivity index (χ4v) is 4.10. The molecule has 0 radical (unpaired) electrons. The lowest BCUT2D eigenvalue weighted by molar-refractivity contribution is -0.137. The van der Waals surface area contributed by atoms with E-state index in [1.165, 1.54) is 21.5 Å². The van der Waals surface area contributed by atoms with Gasteiger partial charge in [-0.25, -0.2) is 4.98 Å². The average molecular weight is 356 g/mol. The summed E-state index contributed by atoms with van der Waals surface area (Å²) in [6.45, 7) is 7.57. The smallest absolute Gasteiger partial charge is 0.323 e. The van der Waals surface area contributed by atoms with Crippen LogP contribution >= 0.6 is 11.3 Å². The molecular formula is C19H20N2O3S. The van der Waals surface area contributed by atoms with Crippen LogP contribution in [-0.4, -0.2) is 20.6 Å². The van der Waals surface area contributed by atoms with Gasteiger partial charge in [-0.05, 0) is 37.5 Å². The maximum Gasteiger partial charge on any atom is 0.323 e. The van der Waals surface area contributed by atoms with Gasteiger partial charge < -0.3 is 5.11 Å². The Kier molecular flexibility index (Phi) is 4.47. The molecule has 0 spiro atoms. The van der Waals surface area contributed by atoms with Gasteiger partial charge in [-0.15, -0.1) is 11.3 Å². The number of carboxylic acid groups (broad SMARTS) is 1. The van der Waals surface area contributed by atoms with Crippen molar-refractivity contribution in [2.24, 2.45) is 0 Å². The molecule has 0 aliphatic carbocycles. The van der Waals surface area contributed by atoms with E-state index in [4.69, 9.17) is 5.11 Å². The molecule has 25 heavy (non-hydrogen) atoms. The number of hydrogen-bond acceptors (Lipinski definition) is 4. The molecule has 0 unspecified atom stereocenters. The molecule has 2 aromatic heterocycles. The van der Waals surface area contributed by atoms with Gasteiger partial charge in [0.25, 0.3) is 5.56 Å². The van der Waals surface area contributed by atoms with Crippen molar-refractivity contribution in [3.63, 3.8) is 0 Å². The normalized spacial score (nSPS) is 11.2. The molecule has 2 heterocycles. The molecule has 1 N–H and O–H groups in total. The van der Waals surface area contributed by atoms with Gasteiger partial charge in [-0.2, -0.15) is 0 Å². The summed E-state index contributed by atoms with van der Waals surface area (Å²) in [5.41, 5.74) is 3.90. The summed E-state index contributed by atoms with van der Waals surface area (Å²) in [7, 11) is 0. The second kappa shape index (κ2) is 6.44. The molecule has 0 atom stereocenters. The van der Waals surface area contributed by atoms with E-state index in [0.717, 1.165) is 21.6 Å². The predicted octanol–water partition coefficient (Wildman–Crippen LogP) is 3.70. The number of carbonyl (C=O) groups is 1. The number of hydrogen-bond donors (Lipinski definition) is 1. The summed E-state index contributed by atoms with van der Waals surface area (Å²) >= 11 is 1.48. The lowest BCUT2D eigenvalue weighted by atomic mass is 9.99. The largest absolute Gasteiger partial charge is 0.480 e. The zero-order chi connectivity index (χ0) is 18.3. The van der Waals surface area contributed by atoms with Gasteiger partial charge >= 0.3 is 5.97 Å². The Bertz CT molecular complexity index is 1050. The Balaban J connectivity index is 2.37. The molecule has 130 valence electrons. The van der Waals surface area contributed by atoms with Crippen LogP contribution in [-0.2, 0) is 17.8 Å². The average Bonchev–Trinajstić information content (AvgIpc) is 2.88. The molecule has 0 aliphatic heterocycles. The van der Waals surface area contributed by atoms with Gasteiger partial charge in [0.15, 0.2) is 0 Å². The first kappa shape index (κ1) is 17.4. The minimum absolute atomic E-state index is 0.276. The fraction of sp³-hybridized carbons (Fsp3) is 0.316. The van der Waals surface area contributed by atoms with E-state index in [-0.39, 0.29) is 12.1 Å². The van der Waals surface area contributed by atoms with Gasteiger partial charge in [-0.1, -0.05) is 25.1 Å². The molecule has 0 bridgehead atoms. The van der Waals surface area contributed by atoms with Gasteiger partial charge in [0.1, 0.15) is 17.2 Å². The standard InChI is InChI=1S/C19H20N2O3S/c1-5-14-20-18-17(19(24)21(14)9-15(22)23)16(12(4)25-18)13-7-6-10(2)11(3)8-13/h6-8H,5,9H2,1-4H3,(H,22,23). The number of benzene rings is 1. The predicted molar refractivity (Wildman–Crippen MR) is 101 cm³/mol. The highest BCUT2D eigenvalue weighted by atomic mass is 32.1. The molecule has 5 nitrogen and oxygen atoms in total. The monoisotopic (exact) mass is 356 g/mol.